The van der Waals surface area contributed by atoms with Crippen molar-refractivity contribution in [1.82, 2.24) is 4.68 Å². The molecule has 1 aromatic rings. The first-order valence-electron chi connectivity index (χ1n) is 7.86. The number of hydrogen-bond donors (Lipinski definition) is 0. The smallest absolute Gasteiger partial charge is 0.308 e. The van der Waals surface area contributed by atoms with Gasteiger partial charge in [-0.3, -0.25) is 9.59 Å². The first-order chi connectivity index (χ1) is 10.7. The second kappa shape index (κ2) is 6.52. The van der Waals surface area contributed by atoms with Crippen LogP contribution in [0.3, 0.4) is 0 Å². The highest BCUT2D eigenvalue weighted by molar-refractivity contribution is 5.72. The zero-order valence-electron chi connectivity index (χ0n) is 12.9. The van der Waals surface area contributed by atoms with E-state index in [0.717, 1.165) is 31.5 Å². The Bertz CT molecular complexity index is 592. The van der Waals surface area contributed by atoms with Gasteiger partial charge >= 0.3 is 5.97 Å². The molecule has 0 amide bonds. The molecule has 1 aromatic heterocycles. The summed E-state index contributed by atoms with van der Waals surface area (Å²) in [6, 6.07) is 3.39. The van der Waals surface area contributed by atoms with Crippen LogP contribution in [0.5, 0.6) is 0 Å². The van der Waals surface area contributed by atoms with Gasteiger partial charge in [0.1, 0.15) is 0 Å². The minimum absolute atomic E-state index is 0.0222. The van der Waals surface area contributed by atoms with Crippen molar-refractivity contribution in [3.05, 3.63) is 34.2 Å². The van der Waals surface area contributed by atoms with Crippen molar-refractivity contribution >= 4 is 5.97 Å². The highest BCUT2D eigenvalue weighted by atomic mass is 16.5. The lowest BCUT2D eigenvalue weighted by Gasteiger charge is -2.29. The first kappa shape index (κ1) is 15.1. The van der Waals surface area contributed by atoms with Gasteiger partial charge in [0, 0.05) is 32.0 Å². The molecule has 120 valence electrons. The maximum absolute atomic E-state index is 12.1. The van der Waals surface area contributed by atoms with E-state index < -0.39 is 0 Å². The summed E-state index contributed by atoms with van der Waals surface area (Å²) >= 11 is 0. The molecule has 2 aliphatic rings. The van der Waals surface area contributed by atoms with Gasteiger partial charge in [-0.1, -0.05) is 0 Å². The molecule has 2 atom stereocenters. The standard InChI is InChI=1S/C16H22N2O4/c1-21-16(20)12-6-9-22-14(10-12)13-4-5-15(19)18(11-13)17-7-2-3-8-17/h4-5,11-12,14H,2-3,6-10H2,1H3/t12-,14+/m0/s1. The molecule has 2 aliphatic heterocycles. The van der Waals surface area contributed by atoms with E-state index in [0.29, 0.717) is 19.4 Å². The van der Waals surface area contributed by atoms with Gasteiger partial charge in [-0.2, -0.15) is 0 Å². The molecule has 2 fully saturated rings. The van der Waals surface area contributed by atoms with E-state index in [2.05, 4.69) is 5.01 Å². The van der Waals surface area contributed by atoms with Gasteiger partial charge in [0.25, 0.3) is 5.56 Å². The van der Waals surface area contributed by atoms with Gasteiger partial charge in [-0.25, -0.2) is 4.68 Å². The Kier molecular flexibility index (Phi) is 4.47. The summed E-state index contributed by atoms with van der Waals surface area (Å²) in [6.45, 7) is 2.34. The summed E-state index contributed by atoms with van der Waals surface area (Å²) in [6.07, 6.45) is 5.21. The van der Waals surface area contributed by atoms with E-state index in [1.54, 1.807) is 16.8 Å². The molecular formula is C16H22N2O4. The zero-order chi connectivity index (χ0) is 15.5. The molecule has 3 heterocycles. The molecule has 0 saturated carbocycles. The van der Waals surface area contributed by atoms with Crippen LogP contribution in [-0.2, 0) is 14.3 Å². The fraction of sp³-hybridized carbons (Fsp3) is 0.625. The number of nitrogens with zero attached hydrogens (tertiary/aromatic N) is 2. The van der Waals surface area contributed by atoms with E-state index in [9.17, 15) is 9.59 Å². The van der Waals surface area contributed by atoms with Crippen molar-refractivity contribution in [3.63, 3.8) is 0 Å². The van der Waals surface area contributed by atoms with E-state index in [1.165, 1.54) is 7.11 Å². The van der Waals surface area contributed by atoms with Crippen LogP contribution in [0.1, 0.15) is 37.4 Å². The minimum atomic E-state index is -0.179. The molecule has 22 heavy (non-hydrogen) atoms. The van der Waals surface area contributed by atoms with Crippen molar-refractivity contribution in [2.75, 3.05) is 31.8 Å². The molecule has 0 radical (unpaired) electrons. The van der Waals surface area contributed by atoms with Crippen LogP contribution in [0.4, 0.5) is 0 Å². The Morgan fingerprint density at radius 1 is 1.32 bits per heavy atom. The molecular weight excluding hydrogens is 284 g/mol. The largest absolute Gasteiger partial charge is 0.469 e. The summed E-state index contributed by atoms with van der Waals surface area (Å²) in [5, 5.41) is 2.06. The van der Waals surface area contributed by atoms with Gasteiger partial charge < -0.3 is 14.5 Å². The van der Waals surface area contributed by atoms with Crippen LogP contribution < -0.4 is 10.6 Å². The monoisotopic (exact) mass is 306 g/mol. The summed E-state index contributed by atoms with van der Waals surface area (Å²) in [7, 11) is 1.42. The predicted molar refractivity (Wildman–Crippen MR) is 81.3 cm³/mol. The van der Waals surface area contributed by atoms with E-state index >= 15 is 0 Å². The Morgan fingerprint density at radius 3 is 2.82 bits per heavy atom. The fourth-order valence-corrected chi connectivity index (χ4v) is 3.23. The van der Waals surface area contributed by atoms with Crippen molar-refractivity contribution in [2.45, 2.75) is 31.8 Å². The molecule has 0 bridgehead atoms. The maximum atomic E-state index is 12.1. The van der Waals surface area contributed by atoms with Gasteiger partial charge in [0.05, 0.1) is 19.1 Å². The quantitative estimate of drug-likeness (QED) is 0.786. The summed E-state index contributed by atoms with van der Waals surface area (Å²) in [5.74, 6) is -0.308. The van der Waals surface area contributed by atoms with Crippen molar-refractivity contribution < 1.29 is 14.3 Å². The second-order valence-corrected chi connectivity index (χ2v) is 5.91. The molecule has 0 aromatic carbocycles. The number of hydrogen-bond acceptors (Lipinski definition) is 5. The Balaban J connectivity index is 1.80. The van der Waals surface area contributed by atoms with E-state index in [1.807, 2.05) is 6.20 Å². The normalized spacial score (nSPS) is 25.2. The number of aromatic nitrogens is 1. The Hall–Kier alpha value is -1.82. The first-order valence-corrected chi connectivity index (χ1v) is 7.86. The van der Waals surface area contributed by atoms with Crippen LogP contribution in [0.15, 0.2) is 23.1 Å². The van der Waals surface area contributed by atoms with Crippen LogP contribution in [0.2, 0.25) is 0 Å². The third-order valence-corrected chi connectivity index (χ3v) is 4.49. The average molecular weight is 306 g/mol. The molecule has 0 N–H and O–H groups in total. The minimum Gasteiger partial charge on any atom is -0.469 e. The molecule has 6 heteroatoms. The lowest BCUT2D eigenvalue weighted by atomic mass is 9.92. The topological polar surface area (TPSA) is 60.8 Å². The molecule has 0 spiro atoms. The lowest BCUT2D eigenvalue weighted by Crippen LogP contribution is -2.40. The van der Waals surface area contributed by atoms with Crippen LogP contribution in [0.25, 0.3) is 0 Å². The highest BCUT2D eigenvalue weighted by Gasteiger charge is 2.30. The predicted octanol–water partition coefficient (Wildman–Crippen LogP) is 1.22. The van der Waals surface area contributed by atoms with E-state index in [4.69, 9.17) is 9.47 Å². The summed E-state index contributed by atoms with van der Waals surface area (Å²) in [5.41, 5.74) is 0.922. The molecule has 6 nitrogen and oxygen atoms in total. The number of carbonyl (C=O) groups excluding carboxylic acids is 1. The highest BCUT2D eigenvalue weighted by Crippen LogP contribution is 2.31. The summed E-state index contributed by atoms with van der Waals surface area (Å²) < 4.78 is 12.3. The molecule has 0 unspecified atom stereocenters. The zero-order valence-corrected chi connectivity index (χ0v) is 12.9. The molecule has 0 aliphatic carbocycles. The number of ether oxygens (including phenoxy) is 2. The number of methoxy groups -OCH3 is 1. The van der Waals surface area contributed by atoms with Crippen LogP contribution >= 0.6 is 0 Å². The van der Waals surface area contributed by atoms with Crippen LogP contribution in [-0.4, -0.2) is 37.5 Å². The number of pyridine rings is 1. The van der Waals surface area contributed by atoms with Gasteiger partial charge in [0.15, 0.2) is 0 Å². The Labute approximate surface area is 129 Å². The fourth-order valence-electron chi connectivity index (χ4n) is 3.23. The molecule has 2 saturated heterocycles. The van der Waals surface area contributed by atoms with Gasteiger partial charge in [0.2, 0.25) is 0 Å². The van der Waals surface area contributed by atoms with Gasteiger partial charge in [-0.15, -0.1) is 0 Å². The third-order valence-electron chi connectivity index (χ3n) is 4.49. The van der Waals surface area contributed by atoms with Crippen molar-refractivity contribution in [3.8, 4) is 0 Å². The van der Waals surface area contributed by atoms with E-state index in [-0.39, 0.29) is 23.6 Å². The lowest BCUT2D eigenvalue weighted by molar-refractivity contribution is -0.150. The van der Waals surface area contributed by atoms with Crippen molar-refractivity contribution in [2.24, 2.45) is 5.92 Å². The maximum Gasteiger partial charge on any atom is 0.308 e. The third kappa shape index (κ3) is 3.02. The number of esters is 1. The Morgan fingerprint density at radius 2 is 2.09 bits per heavy atom. The van der Waals surface area contributed by atoms with Crippen molar-refractivity contribution in [1.29, 1.82) is 0 Å². The average Bonchev–Trinajstić information content (AvgIpc) is 3.09. The number of rotatable bonds is 3. The van der Waals surface area contributed by atoms with Gasteiger partial charge in [-0.05, 0) is 37.3 Å². The SMILES string of the molecule is COC(=O)[C@H]1CCO[C@@H](c2ccc(=O)n(N3CCCC3)c2)C1. The molecule has 3 rings (SSSR count). The number of carbonyl (C=O) groups is 1. The second-order valence-electron chi connectivity index (χ2n) is 5.91. The summed E-state index contributed by atoms with van der Waals surface area (Å²) in [4.78, 5) is 23.8. The van der Waals surface area contributed by atoms with Crippen LogP contribution in [0, 0.1) is 5.92 Å².